The second kappa shape index (κ2) is 23.0. The number of phenols is 1. The predicted octanol–water partition coefficient (Wildman–Crippen LogP) is 9.70. The van der Waals surface area contributed by atoms with Crippen LogP contribution in [0.2, 0.25) is 0 Å². The van der Waals surface area contributed by atoms with E-state index in [1.807, 2.05) is 36.4 Å². The fraction of sp³-hybridized carbons (Fsp3) is 0.556. The number of phenolic OH excluding ortho intramolecular Hbond substituents is 1. The molecular weight excluding hydrogens is 803 g/mol. The van der Waals surface area contributed by atoms with Crippen molar-refractivity contribution in [3.63, 3.8) is 0 Å². The van der Waals surface area contributed by atoms with Crippen LogP contribution >= 0.6 is 0 Å². The standard InChI is InChI=1S/C54H75N3O7/c1-4-5-7-12-36-17-18-39(50(60)28-36)13-8-6-9-16-45(53(62)63)49(59)21-23-54(64)34-38(26-37-22-24-56-52(55)29-37)27-42(54)31-43-19-20-48(57-43)46-32-44(58)33-51(61)47(46)30-41-15-11-10-14-40(41)25-35(2)3/h10-11,14-15,17-20,22,24,29,32-33,35-36,38-39,42,45,49-50,57-61,64H,4-9,12-13,16,21,23,25-28,30-31,34H2,1-3H3,(H2,55,56)(H,62,63)/p-1/t36-,38-,39-,42-,45-,49+,50+,54-/m0/s1. The van der Waals surface area contributed by atoms with E-state index in [1.165, 1.54) is 30.9 Å². The zero-order valence-electron chi connectivity index (χ0n) is 38.4. The number of aliphatic hydroxyl groups is 3. The van der Waals surface area contributed by atoms with E-state index in [0.29, 0.717) is 79.4 Å². The Bertz CT molecular complexity index is 2130. The van der Waals surface area contributed by atoms with E-state index in [2.05, 4.69) is 55.0 Å². The Hall–Kier alpha value is -4.64. The number of carboxylic acids is 1. The highest BCUT2D eigenvalue weighted by Gasteiger charge is 2.46. The number of carbonyl (C=O) groups is 1. The molecule has 6 rings (SSSR count). The molecule has 2 aromatic carbocycles. The summed E-state index contributed by atoms with van der Waals surface area (Å²) in [5, 5.41) is 69.1. The van der Waals surface area contributed by atoms with E-state index in [0.717, 1.165) is 55.3 Å². The molecule has 0 radical (unpaired) electrons. The van der Waals surface area contributed by atoms with Gasteiger partial charge in [0.2, 0.25) is 0 Å². The number of nitrogens with one attached hydrogen (secondary N) is 1. The van der Waals surface area contributed by atoms with Gasteiger partial charge >= 0.3 is 5.97 Å². The Morgan fingerprint density at radius 3 is 2.47 bits per heavy atom. The van der Waals surface area contributed by atoms with Gasteiger partial charge in [0.25, 0.3) is 0 Å². The number of aliphatic hydroxyl groups excluding tert-OH is 2. The van der Waals surface area contributed by atoms with Gasteiger partial charge in [-0.1, -0.05) is 95.7 Å². The Kier molecular flexibility index (Phi) is 17.5. The normalized spacial score (nSPS) is 23.1. The third kappa shape index (κ3) is 13.5. The highest BCUT2D eigenvalue weighted by Crippen LogP contribution is 2.46. The molecule has 2 aromatic heterocycles. The minimum Gasteiger partial charge on any atom is -0.872 e. The topological polar surface area (TPSA) is 196 Å². The molecule has 8 N–H and O–H groups in total. The molecule has 0 spiro atoms. The van der Waals surface area contributed by atoms with Crippen molar-refractivity contribution in [2.75, 3.05) is 5.73 Å². The predicted molar refractivity (Wildman–Crippen MR) is 253 cm³/mol. The molecule has 0 unspecified atom stereocenters. The van der Waals surface area contributed by atoms with E-state index < -0.39 is 23.6 Å². The van der Waals surface area contributed by atoms with E-state index in [1.54, 1.807) is 12.3 Å². The Morgan fingerprint density at radius 2 is 1.73 bits per heavy atom. The maximum atomic E-state index is 13.5. The molecule has 10 heteroatoms. The van der Waals surface area contributed by atoms with E-state index in [9.17, 15) is 35.4 Å². The van der Waals surface area contributed by atoms with Crippen molar-refractivity contribution in [3.05, 3.63) is 107 Å². The minimum absolute atomic E-state index is 0.0962. The van der Waals surface area contributed by atoms with Gasteiger partial charge in [-0.2, -0.15) is 0 Å². The van der Waals surface area contributed by atoms with Crippen LogP contribution in [0, 0.1) is 35.5 Å². The Balaban J connectivity index is 1.11. The van der Waals surface area contributed by atoms with Gasteiger partial charge < -0.3 is 41.4 Å². The molecule has 2 heterocycles. The monoisotopic (exact) mass is 877 g/mol. The van der Waals surface area contributed by atoms with Crippen LogP contribution in [-0.2, 0) is 30.5 Å². The lowest BCUT2D eigenvalue weighted by Crippen LogP contribution is -2.37. The molecule has 0 saturated heterocycles. The number of allylic oxidation sites excluding steroid dienone is 1. The smallest absolute Gasteiger partial charge is 0.309 e. The largest absolute Gasteiger partial charge is 0.872 e. The fourth-order valence-corrected chi connectivity index (χ4v) is 10.8. The van der Waals surface area contributed by atoms with Gasteiger partial charge in [0, 0.05) is 29.1 Å². The molecule has 2 aliphatic carbocycles. The van der Waals surface area contributed by atoms with Gasteiger partial charge in [0.15, 0.2) is 0 Å². The summed E-state index contributed by atoms with van der Waals surface area (Å²) in [5.41, 5.74) is 11.0. The molecule has 0 aliphatic heterocycles. The lowest BCUT2D eigenvalue weighted by Gasteiger charge is -2.32. The van der Waals surface area contributed by atoms with Crippen LogP contribution in [0.5, 0.6) is 11.5 Å². The van der Waals surface area contributed by atoms with Crippen LogP contribution < -0.4 is 10.8 Å². The molecule has 0 amide bonds. The van der Waals surface area contributed by atoms with Gasteiger partial charge in [-0.3, -0.25) is 4.79 Å². The number of unbranched alkanes of at least 4 members (excludes halogenated alkanes) is 4. The number of benzene rings is 2. The number of carboxylic acid groups (broad SMARTS) is 1. The number of H-pyrrole nitrogens is 1. The van der Waals surface area contributed by atoms with Crippen LogP contribution in [0.15, 0.2) is 79.0 Å². The SMILES string of the molecule is CCCCC[C@H]1C=C[C@H](CCCCC[C@H](C(=O)O)[C@H](O)CC[C@]2(O)C[C@@H](Cc3ccnc(N)c3)C[C@H]2Cc2ccc(-c3cc(O)cc([O-])c3Cc3ccccc3CC(C)C)[nH]2)[C@H](O)C1. The molecule has 0 bridgehead atoms. The average molecular weight is 877 g/mol. The number of anilines is 1. The van der Waals surface area contributed by atoms with E-state index >= 15 is 0 Å². The summed E-state index contributed by atoms with van der Waals surface area (Å²) in [7, 11) is 0. The van der Waals surface area contributed by atoms with E-state index in [-0.39, 0.29) is 48.2 Å². The number of nitrogens with two attached hydrogens (primary N) is 1. The fourth-order valence-electron chi connectivity index (χ4n) is 10.8. The van der Waals surface area contributed by atoms with Gasteiger partial charge in [-0.15, -0.1) is 5.75 Å². The summed E-state index contributed by atoms with van der Waals surface area (Å²) in [6, 6.07) is 18.8. The van der Waals surface area contributed by atoms with Crippen LogP contribution in [-0.4, -0.2) is 59.3 Å². The van der Waals surface area contributed by atoms with Crippen molar-refractivity contribution in [2.45, 2.75) is 154 Å². The summed E-state index contributed by atoms with van der Waals surface area (Å²) < 4.78 is 0. The zero-order chi connectivity index (χ0) is 45.8. The Labute approximate surface area is 381 Å². The van der Waals surface area contributed by atoms with E-state index in [4.69, 9.17) is 5.73 Å². The van der Waals surface area contributed by atoms with Gasteiger partial charge in [0.05, 0.1) is 23.7 Å². The first kappa shape index (κ1) is 48.8. The quantitative estimate of drug-likeness (QED) is 0.0265. The van der Waals surface area contributed by atoms with Crippen molar-refractivity contribution in [1.29, 1.82) is 0 Å². The molecule has 8 atom stereocenters. The average Bonchev–Trinajstić information content (AvgIpc) is 3.83. The number of aromatic nitrogens is 2. The first-order valence-corrected chi connectivity index (χ1v) is 24.2. The number of hydrogen-bond acceptors (Lipinski definition) is 8. The number of pyridine rings is 1. The molecule has 1 fully saturated rings. The molecule has 2 aliphatic rings. The number of nitrogen functional groups attached to an aromatic ring is 1. The first-order valence-electron chi connectivity index (χ1n) is 24.2. The van der Waals surface area contributed by atoms with Crippen LogP contribution in [0.1, 0.15) is 139 Å². The van der Waals surface area contributed by atoms with Gasteiger partial charge in [0.1, 0.15) is 11.6 Å². The lowest BCUT2D eigenvalue weighted by atomic mass is 9.80. The molecule has 64 heavy (non-hydrogen) atoms. The molecular formula is C54H74N3O7-. The van der Waals surface area contributed by atoms with Crippen LogP contribution in [0.4, 0.5) is 5.82 Å². The highest BCUT2D eigenvalue weighted by atomic mass is 16.4. The van der Waals surface area contributed by atoms with Crippen molar-refractivity contribution in [3.8, 4) is 22.8 Å². The lowest BCUT2D eigenvalue weighted by molar-refractivity contribution is -0.269. The third-order valence-electron chi connectivity index (χ3n) is 14.3. The highest BCUT2D eigenvalue weighted by molar-refractivity contribution is 5.71. The second-order valence-electron chi connectivity index (χ2n) is 19.8. The zero-order valence-corrected chi connectivity index (χ0v) is 38.4. The number of aromatic amines is 1. The molecule has 10 nitrogen and oxygen atoms in total. The van der Waals surface area contributed by atoms with Gasteiger partial charge in [-0.05, 0) is 159 Å². The summed E-state index contributed by atoms with van der Waals surface area (Å²) in [4.78, 5) is 20.2. The summed E-state index contributed by atoms with van der Waals surface area (Å²) >= 11 is 0. The number of nitrogens with zero attached hydrogens (tertiary/aromatic N) is 1. The second-order valence-corrected chi connectivity index (χ2v) is 19.8. The van der Waals surface area contributed by atoms with Gasteiger partial charge in [-0.25, -0.2) is 4.98 Å². The number of hydrogen-bond donors (Lipinski definition) is 7. The van der Waals surface area contributed by atoms with Crippen molar-refractivity contribution >= 4 is 11.8 Å². The summed E-state index contributed by atoms with van der Waals surface area (Å²) in [5.74, 6) is -0.880. The number of rotatable bonds is 24. The summed E-state index contributed by atoms with van der Waals surface area (Å²) in [6.45, 7) is 6.56. The minimum atomic E-state index is -1.17. The molecule has 348 valence electrons. The maximum Gasteiger partial charge on any atom is 0.309 e. The maximum absolute atomic E-state index is 13.5. The summed E-state index contributed by atoms with van der Waals surface area (Å²) in [6.07, 6.45) is 18.0. The number of aliphatic carboxylic acids is 1. The van der Waals surface area contributed by atoms with Crippen LogP contribution in [0.25, 0.3) is 11.3 Å². The molecule has 4 aromatic rings. The number of aromatic hydroxyl groups is 1. The third-order valence-corrected chi connectivity index (χ3v) is 14.3. The molecule has 1 saturated carbocycles. The van der Waals surface area contributed by atoms with Crippen LogP contribution in [0.3, 0.4) is 0 Å². The first-order chi connectivity index (χ1) is 30.7. The van der Waals surface area contributed by atoms with Crippen molar-refractivity contribution < 1.29 is 35.4 Å². The van der Waals surface area contributed by atoms with Crippen molar-refractivity contribution in [1.82, 2.24) is 9.97 Å². The Morgan fingerprint density at radius 1 is 0.953 bits per heavy atom. The van der Waals surface area contributed by atoms with Crippen molar-refractivity contribution in [2.24, 2.45) is 35.5 Å².